The number of nitrogens with two attached hydrogens (primary N) is 2. The van der Waals surface area contributed by atoms with Crippen LogP contribution in [-0.4, -0.2) is 37.7 Å². The van der Waals surface area contributed by atoms with Crippen molar-refractivity contribution < 1.29 is 13.2 Å². The van der Waals surface area contributed by atoms with E-state index >= 15 is 0 Å². The van der Waals surface area contributed by atoms with Gasteiger partial charge >= 0.3 is 0 Å². The predicted molar refractivity (Wildman–Crippen MR) is 86.4 cm³/mol. The lowest BCUT2D eigenvalue weighted by molar-refractivity contribution is 0.100. The molecule has 0 radical (unpaired) electrons. The van der Waals surface area contributed by atoms with Crippen LogP contribution in [0.2, 0.25) is 0 Å². The van der Waals surface area contributed by atoms with Gasteiger partial charge in [0.15, 0.2) is 5.96 Å². The van der Waals surface area contributed by atoms with Gasteiger partial charge in [0, 0.05) is 18.7 Å². The first-order valence-electron chi connectivity index (χ1n) is 6.65. The van der Waals surface area contributed by atoms with Gasteiger partial charge in [-0.15, -0.1) is 12.4 Å². The summed E-state index contributed by atoms with van der Waals surface area (Å²) in [6.45, 7) is 1.02. The lowest BCUT2D eigenvalue weighted by Crippen LogP contribution is -2.35. The molecule has 2 rings (SSSR count). The molecule has 1 aliphatic rings. The molecule has 0 bridgehead atoms. The van der Waals surface area contributed by atoms with Crippen LogP contribution < -0.4 is 11.5 Å². The Balaban J connectivity index is 0.00000242. The minimum Gasteiger partial charge on any atom is -0.370 e. The number of rotatable bonds is 3. The predicted octanol–water partition coefficient (Wildman–Crippen LogP) is 0.697. The van der Waals surface area contributed by atoms with Crippen molar-refractivity contribution in [3.05, 3.63) is 29.8 Å². The van der Waals surface area contributed by atoms with Gasteiger partial charge in [-0.05, 0) is 31.0 Å². The molecule has 0 aliphatic carbocycles. The van der Waals surface area contributed by atoms with Crippen molar-refractivity contribution in [2.75, 3.05) is 13.1 Å². The van der Waals surface area contributed by atoms with Crippen molar-refractivity contribution in [2.45, 2.75) is 24.2 Å². The van der Waals surface area contributed by atoms with Gasteiger partial charge in [0.2, 0.25) is 10.0 Å². The van der Waals surface area contributed by atoms with Crippen LogP contribution >= 0.6 is 12.4 Å². The monoisotopic (exact) mass is 346 g/mol. The molecule has 0 saturated carbocycles. The van der Waals surface area contributed by atoms with E-state index in [2.05, 4.69) is 4.99 Å². The van der Waals surface area contributed by atoms with Crippen LogP contribution in [0.15, 0.2) is 34.2 Å². The number of carbonyl (C=O) groups excluding carboxylic acids is 1. The van der Waals surface area contributed by atoms with E-state index in [4.69, 9.17) is 11.5 Å². The minimum atomic E-state index is -3.58. The summed E-state index contributed by atoms with van der Waals surface area (Å²) in [6.07, 6.45) is 2.74. The second-order valence-electron chi connectivity index (χ2n) is 4.83. The van der Waals surface area contributed by atoms with Crippen molar-refractivity contribution >= 4 is 34.3 Å². The zero-order valence-electron chi connectivity index (χ0n) is 11.9. The van der Waals surface area contributed by atoms with Gasteiger partial charge in [-0.3, -0.25) is 4.79 Å². The number of nitrogens with zero attached hydrogens (tertiary/aromatic N) is 2. The van der Waals surface area contributed by atoms with Gasteiger partial charge in [0.05, 0.1) is 4.90 Å². The minimum absolute atomic E-state index is 0. The van der Waals surface area contributed by atoms with E-state index in [1.807, 2.05) is 0 Å². The Morgan fingerprint density at radius 1 is 1.14 bits per heavy atom. The Hall–Kier alpha value is -1.64. The SMILES string of the molecule is Cl.NC(N)=NC(=O)c1cccc(S(=O)(=O)N2CCCCC2)c1. The molecule has 0 atom stereocenters. The van der Waals surface area contributed by atoms with Crippen LogP contribution in [-0.2, 0) is 10.0 Å². The molecular weight excluding hydrogens is 328 g/mol. The maximum atomic E-state index is 12.5. The molecule has 22 heavy (non-hydrogen) atoms. The Bertz CT molecular complexity index is 666. The topological polar surface area (TPSA) is 119 Å². The Morgan fingerprint density at radius 3 is 2.36 bits per heavy atom. The Kier molecular flexibility index (Phi) is 6.34. The maximum Gasteiger partial charge on any atom is 0.280 e. The highest BCUT2D eigenvalue weighted by atomic mass is 35.5. The fourth-order valence-corrected chi connectivity index (χ4v) is 3.79. The summed E-state index contributed by atoms with van der Waals surface area (Å²) in [5.41, 5.74) is 10.4. The van der Waals surface area contributed by atoms with Crippen LogP contribution in [0.3, 0.4) is 0 Å². The molecule has 0 unspecified atom stereocenters. The number of carbonyl (C=O) groups is 1. The van der Waals surface area contributed by atoms with Gasteiger partial charge in [-0.25, -0.2) is 8.42 Å². The fourth-order valence-electron chi connectivity index (χ4n) is 2.23. The number of sulfonamides is 1. The summed E-state index contributed by atoms with van der Waals surface area (Å²) in [5.74, 6) is -1.02. The van der Waals surface area contributed by atoms with Gasteiger partial charge < -0.3 is 11.5 Å². The second-order valence-corrected chi connectivity index (χ2v) is 6.77. The summed E-state index contributed by atoms with van der Waals surface area (Å²) >= 11 is 0. The number of amides is 1. The standard InChI is InChI=1S/C13H18N4O3S.ClH/c14-13(15)16-12(18)10-5-4-6-11(9-10)21(19,20)17-7-2-1-3-8-17;/h4-6,9H,1-3,7-8H2,(H4,14,15,16,18);1H. The third-order valence-corrected chi connectivity index (χ3v) is 5.16. The smallest absolute Gasteiger partial charge is 0.280 e. The van der Waals surface area contributed by atoms with Crippen LogP contribution in [0.4, 0.5) is 0 Å². The molecule has 1 aliphatic heterocycles. The number of benzene rings is 1. The number of hydrogen-bond acceptors (Lipinski definition) is 3. The van der Waals surface area contributed by atoms with Crippen molar-refractivity contribution in [1.82, 2.24) is 4.31 Å². The van der Waals surface area contributed by atoms with Crippen LogP contribution in [0.5, 0.6) is 0 Å². The molecule has 1 aromatic rings. The van der Waals surface area contributed by atoms with Crippen LogP contribution in [0.25, 0.3) is 0 Å². The number of guanidine groups is 1. The molecular formula is C13H19ClN4O3S. The number of aliphatic imine (C=N–C) groups is 1. The van der Waals surface area contributed by atoms with Crippen LogP contribution in [0, 0.1) is 0 Å². The molecule has 1 aromatic carbocycles. The van der Waals surface area contributed by atoms with Gasteiger partial charge in [0.1, 0.15) is 0 Å². The van der Waals surface area contributed by atoms with Crippen molar-refractivity contribution in [1.29, 1.82) is 0 Å². The van der Waals surface area contributed by atoms with E-state index in [0.29, 0.717) is 13.1 Å². The zero-order chi connectivity index (χ0) is 15.5. The van der Waals surface area contributed by atoms with Crippen LogP contribution in [0.1, 0.15) is 29.6 Å². The summed E-state index contributed by atoms with van der Waals surface area (Å²) in [7, 11) is -3.58. The van der Waals surface area contributed by atoms with E-state index in [1.165, 1.54) is 28.6 Å². The van der Waals surface area contributed by atoms with Crippen molar-refractivity contribution in [3.63, 3.8) is 0 Å². The molecule has 1 saturated heterocycles. The van der Waals surface area contributed by atoms with E-state index in [9.17, 15) is 13.2 Å². The molecule has 1 heterocycles. The molecule has 122 valence electrons. The number of halogens is 1. The average molecular weight is 347 g/mol. The quantitative estimate of drug-likeness (QED) is 0.616. The average Bonchev–Trinajstić information content (AvgIpc) is 2.47. The lowest BCUT2D eigenvalue weighted by Gasteiger charge is -2.25. The maximum absolute atomic E-state index is 12.5. The van der Waals surface area contributed by atoms with Gasteiger partial charge in [-0.1, -0.05) is 12.5 Å². The van der Waals surface area contributed by atoms with Gasteiger partial charge in [-0.2, -0.15) is 9.30 Å². The number of piperidine rings is 1. The molecule has 0 spiro atoms. The van der Waals surface area contributed by atoms with Gasteiger partial charge in [0.25, 0.3) is 5.91 Å². The zero-order valence-corrected chi connectivity index (χ0v) is 13.6. The second kappa shape index (κ2) is 7.57. The lowest BCUT2D eigenvalue weighted by atomic mass is 10.2. The highest BCUT2D eigenvalue weighted by molar-refractivity contribution is 7.89. The Labute approximate surface area is 135 Å². The van der Waals surface area contributed by atoms with E-state index < -0.39 is 15.9 Å². The van der Waals surface area contributed by atoms with Crippen molar-refractivity contribution in [2.24, 2.45) is 16.5 Å². The molecule has 1 fully saturated rings. The Morgan fingerprint density at radius 2 is 1.77 bits per heavy atom. The first-order valence-corrected chi connectivity index (χ1v) is 8.09. The number of hydrogen-bond donors (Lipinski definition) is 2. The first-order chi connectivity index (χ1) is 9.91. The summed E-state index contributed by atoms with van der Waals surface area (Å²) in [5, 5.41) is 0. The molecule has 4 N–H and O–H groups in total. The van der Waals surface area contributed by atoms with E-state index in [0.717, 1.165) is 19.3 Å². The normalized spacial score (nSPS) is 15.6. The first kappa shape index (κ1) is 18.4. The third kappa shape index (κ3) is 4.19. The summed E-state index contributed by atoms with van der Waals surface area (Å²) in [6, 6.07) is 5.76. The van der Waals surface area contributed by atoms with Crippen molar-refractivity contribution in [3.8, 4) is 0 Å². The third-order valence-electron chi connectivity index (χ3n) is 3.26. The fraction of sp³-hybridized carbons (Fsp3) is 0.385. The molecule has 7 nitrogen and oxygen atoms in total. The highest BCUT2D eigenvalue weighted by Gasteiger charge is 2.26. The van der Waals surface area contributed by atoms with E-state index in [1.54, 1.807) is 0 Å². The summed E-state index contributed by atoms with van der Waals surface area (Å²) in [4.78, 5) is 15.2. The summed E-state index contributed by atoms with van der Waals surface area (Å²) < 4.78 is 26.5. The largest absolute Gasteiger partial charge is 0.370 e. The highest BCUT2D eigenvalue weighted by Crippen LogP contribution is 2.21. The molecule has 1 amide bonds. The molecule has 9 heteroatoms. The van der Waals surface area contributed by atoms with E-state index in [-0.39, 0.29) is 28.8 Å². The molecule has 0 aromatic heterocycles.